The Morgan fingerprint density at radius 1 is 1.00 bits per heavy atom. The van der Waals surface area contributed by atoms with Gasteiger partial charge in [0.25, 0.3) is 15.9 Å². The van der Waals surface area contributed by atoms with E-state index in [0.29, 0.717) is 10.8 Å². The third kappa shape index (κ3) is 6.13. The van der Waals surface area contributed by atoms with Crippen LogP contribution < -0.4 is 19.2 Å². The monoisotopic (exact) mass is 580 g/mol. The van der Waals surface area contributed by atoms with E-state index in [0.717, 1.165) is 26.9 Å². The normalized spacial score (nSPS) is 11.4. The van der Waals surface area contributed by atoms with Crippen molar-refractivity contribution >= 4 is 39.4 Å². The standard InChI is InChI=1S/C29H29ClN4O5S/c1-20-15-22(21(2)34(20)24-10-8-9-23(30)16-24)18-31-32-29(35)19-33(40(36,37)26-11-6-5-7-12-26)27-17-25(38-3)13-14-28(27)39-4/h5-18H,19H2,1-4H3,(H,32,35)/b31-18-. The van der Waals surface area contributed by atoms with Gasteiger partial charge in [-0.2, -0.15) is 5.10 Å². The minimum absolute atomic E-state index is 0.0182. The zero-order valence-electron chi connectivity index (χ0n) is 22.5. The zero-order chi connectivity index (χ0) is 28.9. The molecule has 0 spiro atoms. The van der Waals surface area contributed by atoms with Gasteiger partial charge >= 0.3 is 0 Å². The van der Waals surface area contributed by atoms with E-state index in [-0.39, 0.29) is 16.3 Å². The summed E-state index contributed by atoms with van der Waals surface area (Å²) in [6.07, 6.45) is 1.52. The molecule has 0 aliphatic carbocycles. The van der Waals surface area contributed by atoms with Crippen molar-refractivity contribution in [3.8, 4) is 17.2 Å². The van der Waals surface area contributed by atoms with Crippen LogP contribution in [0.5, 0.6) is 11.5 Å². The number of nitrogens with one attached hydrogen (secondary N) is 1. The van der Waals surface area contributed by atoms with Crippen molar-refractivity contribution in [2.24, 2.45) is 5.10 Å². The van der Waals surface area contributed by atoms with Gasteiger partial charge in [-0.15, -0.1) is 0 Å². The number of rotatable bonds is 10. The van der Waals surface area contributed by atoms with Crippen LogP contribution in [0.3, 0.4) is 0 Å². The Bertz CT molecular complexity index is 1650. The Kier molecular flexibility index (Phi) is 8.81. The lowest BCUT2D eigenvalue weighted by Gasteiger charge is -2.25. The summed E-state index contributed by atoms with van der Waals surface area (Å²) in [4.78, 5) is 13.1. The topological polar surface area (TPSA) is 102 Å². The first-order chi connectivity index (χ1) is 19.1. The van der Waals surface area contributed by atoms with Gasteiger partial charge in [-0.25, -0.2) is 13.8 Å². The molecule has 0 bridgehead atoms. The fraction of sp³-hybridized carbons (Fsp3) is 0.172. The predicted molar refractivity (Wildman–Crippen MR) is 157 cm³/mol. The fourth-order valence-corrected chi connectivity index (χ4v) is 5.91. The second-order valence-electron chi connectivity index (χ2n) is 8.80. The van der Waals surface area contributed by atoms with Gasteiger partial charge in [-0.05, 0) is 62.4 Å². The Morgan fingerprint density at radius 2 is 1.75 bits per heavy atom. The molecule has 1 aromatic heterocycles. The SMILES string of the molecule is COc1ccc(OC)c(N(CC(=O)N/N=C\c2cc(C)n(-c3cccc(Cl)c3)c2C)S(=O)(=O)c2ccccc2)c1. The smallest absolute Gasteiger partial charge is 0.264 e. The van der Waals surface area contributed by atoms with Crippen molar-refractivity contribution in [1.82, 2.24) is 9.99 Å². The van der Waals surface area contributed by atoms with Crippen molar-refractivity contribution < 1.29 is 22.7 Å². The molecule has 0 fully saturated rings. The Balaban J connectivity index is 1.61. The van der Waals surface area contributed by atoms with Crippen LogP contribution in [-0.4, -0.2) is 45.9 Å². The lowest BCUT2D eigenvalue weighted by atomic mass is 10.2. The minimum Gasteiger partial charge on any atom is -0.497 e. The summed E-state index contributed by atoms with van der Waals surface area (Å²) < 4.78 is 41.1. The number of nitrogens with zero attached hydrogens (tertiary/aromatic N) is 3. The predicted octanol–water partition coefficient (Wildman–Crippen LogP) is 5.11. The molecule has 0 saturated heterocycles. The number of aromatic nitrogens is 1. The number of aryl methyl sites for hydroxylation is 1. The number of ether oxygens (including phenoxy) is 2. The summed E-state index contributed by atoms with van der Waals surface area (Å²) in [7, 11) is -1.27. The van der Waals surface area contributed by atoms with Crippen LogP contribution in [0.15, 0.2) is 88.9 Å². The van der Waals surface area contributed by atoms with Crippen molar-refractivity contribution in [1.29, 1.82) is 0 Å². The average Bonchev–Trinajstić information content (AvgIpc) is 3.24. The van der Waals surface area contributed by atoms with Gasteiger partial charge in [0.2, 0.25) is 0 Å². The molecular formula is C29H29ClN4O5S. The maximum absolute atomic E-state index is 13.7. The molecule has 11 heteroatoms. The van der Waals surface area contributed by atoms with E-state index < -0.39 is 22.5 Å². The van der Waals surface area contributed by atoms with Crippen LogP contribution in [0.1, 0.15) is 17.0 Å². The van der Waals surface area contributed by atoms with Gasteiger partial charge in [0.1, 0.15) is 18.0 Å². The number of amides is 1. The summed E-state index contributed by atoms with van der Waals surface area (Å²) in [5.41, 5.74) is 6.13. The molecule has 0 saturated carbocycles. The molecule has 0 aliphatic rings. The number of carbonyl (C=O) groups is 1. The van der Waals surface area contributed by atoms with E-state index in [1.54, 1.807) is 36.4 Å². The Morgan fingerprint density at radius 3 is 2.42 bits per heavy atom. The van der Waals surface area contributed by atoms with E-state index in [2.05, 4.69) is 10.5 Å². The molecule has 3 aromatic carbocycles. The number of sulfonamides is 1. The van der Waals surface area contributed by atoms with Crippen LogP contribution in [0.2, 0.25) is 5.02 Å². The highest BCUT2D eigenvalue weighted by Crippen LogP contribution is 2.35. The number of anilines is 1. The van der Waals surface area contributed by atoms with Crippen molar-refractivity contribution in [3.05, 3.63) is 101 Å². The van der Waals surface area contributed by atoms with E-state index in [1.807, 2.05) is 42.7 Å². The highest BCUT2D eigenvalue weighted by atomic mass is 35.5. The first kappa shape index (κ1) is 28.7. The Hall–Kier alpha value is -4.28. The molecule has 40 heavy (non-hydrogen) atoms. The number of benzene rings is 3. The highest BCUT2D eigenvalue weighted by Gasteiger charge is 2.30. The van der Waals surface area contributed by atoms with E-state index in [1.165, 1.54) is 38.6 Å². The average molecular weight is 581 g/mol. The van der Waals surface area contributed by atoms with Gasteiger partial charge in [0.05, 0.1) is 31.0 Å². The summed E-state index contributed by atoms with van der Waals surface area (Å²) in [6, 6.07) is 22.0. The fourth-order valence-electron chi connectivity index (χ4n) is 4.28. The van der Waals surface area contributed by atoms with Gasteiger partial charge < -0.3 is 14.0 Å². The molecule has 0 radical (unpaired) electrons. The minimum atomic E-state index is -4.16. The zero-order valence-corrected chi connectivity index (χ0v) is 24.0. The number of hydrazone groups is 1. The first-order valence-electron chi connectivity index (χ1n) is 12.2. The maximum atomic E-state index is 13.7. The van der Waals surface area contributed by atoms with Gasteiger partial charge in [0.15, 0.2) is 0 Å². The molecule has 0 unspecified atom stereocenters. The van der Waals surface area contributed by atoms with E-state index in [4.69, 9.17) is 21.1 Å². The van der Waals surface area contributed by atoms with Gasteiger partial charge in [-0.1, -0.05) is 35.9 Å². The summed E-state index contributed by atoms with van der Waals surface area (Å²) in [6.45, 7) is 3.33. The van der Waals surface area contributed by atoms with Crippen molar-refractivity contribution in [2.45, 2.75) is 18.7 Å². The second-order valence-corrected chi connectivity index (χ2v) is 11.1. The number of methoxy groups -OCH3 is 2. The quantitative estimate of drug-likeness (QED) is 0.207. The summed E-state index contributed by atoms with van der Waals surface area (Å²) in [5, 5.41) is 4.73. The molecule has 4 rings (SSSR count). The Labute approximate surface area is 238 Å². The molecule has 1 heterocycles. The molecule has 0 atom stereocenters. The molecular weight excluding hydrogens is 552 g/mol. The van der Waals surface area contributed by atoms with Crippen molar-refractivity contribution in [3.63, 3.8) is 0 Å². The van der Waals surface area contributed by atoms with Crippen LogP contribution in [-0.2, 0) is 14.8 Å². The molecule has 0 aliphatic heterocycles. The van der Waals surface area contributed by atoms with Crippen LogP contribution in [0, 0.1) is 13.8 Å². The number of hydrogen-bond donors (Lipinski definition) is 1. The van der Waals surface area contributed by atoms with Crippen LogP contribution >= 0.6 is 11.6 Å². The third-order valence-electron chi connectivity index (χ3n) is 6.20. The largest absolute Gasteiger partial charge is 0.497 e. The summed E-state index contributed by atoms with van der Waals surface area (Å²) in [5.74, 6) is 0.00638. The molecule has 1 N–H and O–H groups in total. The van der Waals surface area contributed by atoms with Crippen LogP contribution in [0.25, 0.3) is 5.69 Å². The molecule has 9 nitrogen and oxygen atoms in total. The van der Waals surface area contributed by atoms with Gasteiger partial charge in [0, 0.05) is 33.7 Å². The second kappa shape index (κ2) is 12.3. The lowest BCUT2D eigenvalue weighted by molar-refractivity contribution is -0.119. The van der Waals surface area contributed by atoms with E-state index >= 15 is 0 Å². The number of halogens is 1. The maximum Gasteiger partial charge on any atom is 0.264 e. The van der Waals surface area contributed by atoms with Crippen molar-refractivity contribution in [2.75, 3.05) is 25.1 Å². The van der Waals surface area contributed by atoms with E-state index in [9.17, 15) is 13.2 Å². The highest BCUT2D eigenvalue weighted by molar-refractivity contribution is 7.92. The molecule has 208 valence electrons. The summed E-state index contributed by atoms with van der Waals surface area (Å²) >= 11 is 6.17. The number of hydrogen-bond acceptors (Lipinski definition) is 6. The number of carbonyl (C=O) groups excluding carboxylic acids is 1. The molecule has 1 amide bonds. The lowest BCUT2D eigenvalue weighted by Crippen LogP contribution is -2.39. The van der Waals surface area contributed by atoms with Gasteiger partial charge in [-0.3, -0.25) is 9.10 Å². The van der Waals surface area contributed by atoms with Crippen LogP contribution in [0.4, 0.5) is 5.69 Å². The first-order valence-corrected chi connectivity index (χ1v) is 14.0. The third-order valence-corrected chi connectivity index (χ3v) is 8.21. The molecule has 4 aromatic rings.